The Labute approximate surface area is 204 Å². The molecule has 3 aromatic carbocycles. The van der Waals surface area contributed by atoms with Gasteiger partial charge in [-0.15, -0.1) is 10.2 Å². The molecule has 2 heterocycles. The summed E-state index contributed by atoms with van der Waals surface area (Å²) in [5, 5.41) is 11.3. The Morgan fingerprint density at radius 2 is 1.67 bits per heavy atom. The summed E-state index contributed by atoms with van der Waals surface area (Å²) in [7, 11) is 0. The fraction of sp³-hybridized carbons (Fsp3) is 0.0800. The Morgan fingerprint density at radius 3 is 2.42 bits per heavy atom. The molecule has 8 heteroatoms. The summed E-state index contributed by atoms with van der Waals surface area (Å²) >= 11 is 13.6. The maximum absolute atomic E-state index is 13.2. The van der Waals surface area contributed by atoms with Gasteiger partial charge in [0.2, 0.25) is 0 Å². The summed E-state index contributed by atoms with van der Waals surface area (Å²) in [5.74, 6) is 0.664. The fourth-order valence-electron chi connectivity index (χ4n) is 3.80. The Bertz CT molecular complexity index is 1530. The molecule has 1 N–H and O–H groups in total. The first-order valence-electron chi connectivity index (χ1n) is 10.3. The molecule has 33 heavy (non-hydrogen) atoms. The highest BCUT2D eigenvalue weighted by Gasteiger charge is 2.20. The highest BCUT2D eigenvalue weighted by molar-refractivity contribution is 7.99. The van der Waals surface area contributed by atoms with Gasteiger partial charge in [0.25, 0.3) is 5.56 Å². The number of nitrogens with zero attached hydrogens (tertiary/aromatic N) is 3. The second kappa shape index (κ2) is 9.06. The molecule has 0 atom stereocenters. The van der Waals surface area contributed by atoms with Gasteiger partial charge in [0, 0.05) is 28.6 Å². The van der Waals surface area contributed by atoms with Crippen molar-refractivity contribution in [1.29, 1.82) is 0 Å². The molecule has 0 aliphatic heterocycles. The molecule has 0 radical (unpaired) electrons. The van der Waals surface area contributed by atoms with E-state index in [4.69, 9.17) is 23.2 Å². The van der Waals surface area contributed by atoms with Crippen molar-refractivity contribution in [2.45, 2.75) is 23.5 Å². The van der Waals surface area contributed by atoms with Crippen LogP contribution in [0.3, 0.4) is 0 Å². The Morgan fingerprint density at radius 1 is 0.909 bits per heavy atom. The standard InChI is InChI=1S/C25H18Cl2N4OS/c1-2-31-23(16-12-13-18(26)19(27)14-16)29-30-25(31)33-22-21(15-8-4-3-5-9-15)17-10-6-7-11-20(17)28-24(22)32/h3-14H,2H2,1H3,(H,28,32). The molecule has 5 aromatic rings. The molecule has 0 saturated heterocycles. The number of para-hydroxylation sites is 1. The molecule has 0 aliphatic carbocycles. The largest absolute Gasteiger partial charge is 0.321 e. The maximum atomic E-state index is 13.2. The Balaban J connectivity index is 1.68. The molecule has 5 rings (SSSR count). The fourth-order valence-corrected chi connectivity index (χ4v) is 5.16. The van der Waals surface area contributed by atoms with Gasteiger partial charge in [0.05, 0.1) is 14.9 Å². The molecule has 0 bridgehead atoms. The second-order valence-electron chi connectivity index (χ2n) is 7.35. The van der Waals surface area contributed by atoms with E-state index in [1.165, 1.54) is 11.8 Å². The first kappa shape index (κ1) is 21.8. The lowest BCUT2D eigenvalue weighted by Crippen LogP contribution is -2.11. The lowest BCUT2D eigenvalue weighted by atomic mass is 10.0. The molecule has 0 unspecified atom stereocenters. The zero-order chi connectivity index (χ0) is 22.9. The number of nitrogens with one attached hydrogen (secondary N) is 1. The van der Waals surface area contributed by atoms with E-state index in [0.29, 0.717) is 32.5 Å². The predicted molar refractivity (Wildman–Crippen MR) is 135 cm³/mol. The van der Waals surface area contributed by atoms with Gasteiger partial charge in [-0.25, -0.2) is 0 Å². The average molecular weight is 493 g/mol. The zero-order valence-electron chi connectivity index (χ0n) is 17.5. The maximum Gasteiger partial charge on any atom is 0.263 e. The molecule has 2 aromatic heterocycles. The van der Waals surface area contributed by atoms with Crippen molar-refractivity contribution < 1.29 is 0 Å². The van der Waals surface area contributed by atoms with Gasteiger partial charge in [0.15, 0.2) is 11.0 Å². The van der Waals surface area contributed by atoms with Crippen LogP contribution >= 0.6 is 35.0 Å². The summed E-state index contributed by atoms with van der Waals surface area (Å²) in [6.45, 7) is 2.63. The third-order valence-electron chi connectivity index (χ3n) is 5.34. The van der Waals surface area contributed by atoms with Crippen molar-refractivity contribution in [3.05, 3.63) is 93.2 Å². The van der Waals surface area contributed by atoms with E-state index in [9.17, 15) is 4.79 Å². The van der Waals surface area contributed by atoms with Gasteiger partial charge >= 0.3 is 0 Å². The lowest BCUT2D eigenvalue weighted by molar-refractivity contribution is 0.687. The van der Waals surface area contributed by atoms with E-state index in [1.54, 1.807) is 12.1 Å². The molecular formula is C25H18Cl2N4OS. The third-order valence-corrected chi connectivity index (χ3v) is 7.16. The number of aromatic nitrogens is 4. The van der Waals surface area contributed by atoms with Crippen LogP contribution in [-0.2, 0) is 6.54 Å². The van der Waals surface area contributed by atoms with Crippen LogP contribution in [0.1, 0.15) is 6.92 Å². The van der Waals surface area contributed by atoms with Crippen molar-refractivity contribution in [1.82, 2.24) is 19.7 Å². The summed E-state index contributed by atoms with van der Waals surface area (Å²) in [6.07, 6.45) is 0. The van der Waals surface area contributed by atoms with Gasteiger partial charge in [-0.3, -0.25) is 4.79 Å². The van der Waals surface area contributed by atoms with Crippen molar-refractivity contribution in [3.63, 3.8) is 0 Å². The summed E-state index contributed by atoms with van der Waals surface area (Å²) < 4.78 is 1.97. The van der Waals surface area contributed by atoms with Crippen LogP contribution in [0.4, 0.5) is 0 Å². The molecule has 0 spiro atoms. The van der Waals surface area contributed by atoms with Crippen LogP contribution in [0.5, 0.6) is 0 Å². The normalized spacial score (nSPS) is 11.2. The van der Waals surface area contributed by atoms with Crippen molar-refractivity contribution >= 4 is 45.9 Å². The van der Waals surface area contributed by atoms with Gasteiger partial charge in [0.1, 0.15) is 0 Å². The number of halogens is 2. The zero-order valence-corrected chi connectivity index (χ0v) is 19.9. The number of aromatic amines is 1. The number of pyridine rings is 1. The molecule has 0 amide bonds. The average Bonchev–Trinajstić information content (AvgIpc) is 3.24. The van der Waals surface area contributed by atoms with Crippen LogP contribution in [-0.4, -0.2) is 19.7 Å². The number of hydrogen-bond acceptors (Lipinski definition) is 4. The summed E-state index contributed by atoms with van der Waals surface area (Å²) in [5.41, 5.74) is 3.27. The molecular weight excluding hydrogens is 475 g/mol. The monoisotopic (exact) mass is 492 g/mol. The van der Waals surface area contributed by atoms with Crippen LogP contribution in [0, 0.1) is 0 Å². The number of hydrogen-bond donors (Lipinski definition) is 1. The van der Waals surface area contributed by atoms with Crippen LogP contribution in [0.2, 0.25) is 10.0 Å². The van der Waals surface area contributed by atoms with Crippen molar-refractivity contribution in [2.75, 3.05) is 0 Å². The molecule has 5 nitrogen and oxygen atoms in total. The van der Waals surface area contributed by atoms with Gasteiger partial charge in [-0.05, 0) is 48.5 Å². The minimum absolute atomic E-state index is 0.167. The Hall–Kier alpha value is -3.06. The second-order valence-corrected chi connectivity index (χ2v) is 9.14. The van der Waals surface area contributed by atoms with Gasteiger partial charge in [-0.1, -0.05) is 71.7 Å². The van der Waals surface area contributed by atoms with Crippen LogP contribution in [0.25, 0.3) is 33.4 Å². The van der Waals surface area contributed by atoms with Crippen molar-refractivity contribution in [3.8, 4) is 22.5 Å². The molecule has 0 aliphatic rings. The Kier molecular flexibility index (Phi) is 5.98. The quantitative estimate of drug-likeness (QED) is 0.288. The number of fused-ring (bicyclic) bond motifs is 1. The van der Waals surface area contributed by atoms with Crippen LogP contribution in [0.15, 0.2) is 87.6 Å². The minimum Gasteiger partial charge on any atom is -0.321 e. The van der Waals surface area contributed by atoms with Crippen LogP contribution < -0.4 is 5.56 Å². The number of H-pyrrole nitrogens is 1. The molecule has 164 valence electrons. The first-order valence-corrected chi connectivity index (χ1v) is 11.9. The molecule has 0 fully saturated rings. The predicted octanol–water partition coefficient (Wildman–Crippen LogP) is 6.93. The van der Waals surface area contributed by atoms with E-state index in [2.05, 4.69) is 15.2 Å². The van der Waals surface area contributed by atoms with E-state index < -0.39 is 0 Å². The van der Waals surface area contributed by atoms with Crippen molar-refractivity contribution in [2.24, 2.45) is 0 Å². The summed E-state index contributed by atoms with van der Waals surface area (Å²) in [6, 6.07) is 23.1. The highest BCUT2D eigenvalue weighted by atomic mass is 35.5. The van der Waals surface area contributed by atoms with Gasteiger partial charge in [-0.2, -0.15) is 0 Å². The van der Waals surface area contributed by atoms with E-state index in [-0.39, 0.29) is 5.56 Å². The SMILES string of the molecule is CCn1c(Sc2c(-c3ccccc3)c3ccccc3[nH]c2=O)nnc1-c1ccc(Cl)c(Cl)c1. The number of benzene rings is 3. The lowest BCUT2D eigenvalue weighted by Gasteiger charge is -2.13. The first-order chi connectivity index (χ1) is 16.1. The topological polar surface area (TPSA) is 63.6 Å². The minimum atomic E-state index is -0.167. The smallest absolute Gasteiger partial charge is 0.263 e. The molecule has 0 saturated carbocycles. The van der Waals surface area contributed by atoms with E-state index in [1.807, 2.05) is 72.2 Å². The highest BCUT2D eigenvalue weighted by Crippen LogP contribution is 2.38. The van der Waals surface area contributed by atoms with E-state index >= 15 is 0 Å². The van der Waals surface area contributed by atoms with E-state index in [0.717, 1.165) is 27.6 Å². The number of rotatable bonds is 5. The van der Waals surface area contributed by atoms with Gasteiger partial charge < -0.3 is 9.55 Å². The third kappa shape index (κ3) is 4.06. The summed E-state index contributed by atoms with van der Waals surface area (Å²) in [4.78, 5) is 16.8.